The van der Waals surface area contributed by atoms with E-state index in [1.807, 2.05) is 6.92 Å². The molecule has 0 fully saturated rings. The Labute approximate surface area is 109 Å². The van der Waals surface area contributed by atoms with Gasteiger partial charge in [0.05, 0.1) is 0 Å². The summed E-state index contributed by atoms with van der Waals surface area (Å²) in [7, 11) is -4.02. The van der Waals surface area contributed by atoms with E-state index in [1.165, 1.54) is 6.92 Å². The Morgan fingerprint density at radius 1 is 1.36 bits per heavy atom. The molecule has 0 heterocycles. The summed E-state index contributed by atoms with van der Waals surface area (Å²) in [6.45, 7) is 3.49. The topological polar surface area (TPSA) is 80.4 Å². The first-order chi connectivity index (χ1) is 5.87. The molecule has 82 valence electrons. The predicted molar refractivity (Wildman–Crippen MR) is 60.3 cm³/mol. The van der Waals surface area contributed by atoms with Crippen molar-refractivity contribution in [2.45, 2.75) is 44.3 Å². The Hall–Kier alpha value is 0.870. The van der Waals surface area contributed by atoms with E-state index in [0.29, 0.717) is 6.42 Å². The Morgan fingerprint density at radius 2 is 1.86 bits per heavy atom. The second-order valence-electron chi connectivity index (χ2n) is 3.59. The van der Waals surface area contributed by atoms with Crippen LogP contribution < -0.4 is 5.73 Å². The Morgan fingerprint density at radius 3 is 2.14 bits per heavy atom. The van der Waals surface area contributed by atoms with Crippen LogP contribution in [0.4, 0.5) is 0 Å². The molecular formula is C8H20NNaO3S. The minimum atomic E-state index is -4.02. The summed E-state index contributed by atoms with van der Waals surface area (Å²) >= 11 is 0. The Kier molecular flexibility index (Phi) is 8.87. The average Bonchev–Trinajstić information content (AvgIpc) is 2.02. The van der Waals surface area contributed by atoms with Gasteiger partial charge in [-0.1, -0.05) is 26.2 Å². The van der Waals surface area contributed by atoms with Gasteiger partial charge in [0.2, 0.25) is 0 Å². The van der Waals surface area contributed by atoms with Crippen LogP contribution in [0.15, 0.2) is 0 Å². The standard InChI is InChI=1S/C8H19NO3S.Na.H/c1-3-4-5-6-8(2,7-9)13(10,11)12;;/h3-7,9H2,1-2H3,(H,10,11,12);;. The Balaban J connectivity index is 0. The first kappa shape index (κ1) is 17.3. The van der Waals surface area contributed by atoms with Crippen molar-refractivity contribution in [3.63, 3.8) is 0 Å². The summed E-state index contributed by atoms with van der Waals surface area (Å²) in [5, 5.41) is 0. The van der Waals surface area contributed by atoms with Crippen molar-refractivity contribution in [2.75, 3.05) is 6.54 Å². The third-order valence-corrected chi connectivity index (χ3v) is 3.98. The molecule has 0 bridgehead atoms. The van der Waals surface area contributed by atoms with Crippen molar-refractivity contribution in [3.05, 3.63) is 0 Å². The molecule has 0 aliphatic carbocycles. The van der Waals surface area contributed by atoms with Crippen molar-refractivity contribution in [1.29, 1.82) is 0 Å². The molecule has 1 unspecified atom stereocenters. The first-order valence-electron chi connectivity index (χ1n) is 4.54. The fraction of sp³-hybridized carbons (Fsp3) is 1.00. The zero-order valence-electron chi connectivity index (χ0n) is 8.28. The van der Waals surface area contributed by atoms with Crippen molar-refractivity contribution in [1.82, 2.24) is 0 Å². The number of hydrogen-bond acceptors (Lipinski definition) is 3. The van der Waals surface area contributed by atoms with Gasteiger partial charge in [-0.05, 0) is 13.3 Å². The molecular weight excluding hydrogens is 213 g/mol. The van der Waals surface area contributed by atoms with Crippen LogP contribution in [0, 0.1) is 0 Å². The van der Waals surface area contributed by atoms with E-state index < -0.39 is 14.9 Å². The zero-order valence-corrected chi connectivity index (χ0v) is 9.10. The summed E-state index contributed by atoms with van der Waals surface area (Å²) in [6.07, 6.45) is 3.19. The summed E-state index contributed by atoms with van der Waals surface area (Å²) in [5.74, 6) is 0. The molecule has 0 radical (unpaired) electrons. The van der Waals surface area contributed by atoms with E-state index in [4.69, 9.17) is 10.3 Å². The first-order valence-corrected chi connectivity index (χ1v) is 5.98. The van der Waals surface area contributed by atoms with E-state index in [9.17, 15) is 8.42 Å². The molecule has 0 saturated heterocycles. The van der Waals surface area contributed by atoms with E-state index in [1.54, 1.807) is 0 Å². The molecule has 4 nitrogen and oxygen atoms in total. The van der Waals surface area contributed by atoms with Crippen LogP contribution in [-0.4, -0.2) is 53.8 Å². The van der Waals surface area contributed by atoms with Gasteiger partial charge in [-0.3, -0.25) is 4.55 Å². The van der Waals surface area contributed by atoms with E-state index in [2.05, 4.69) is 0 Å². The van der Waals surface area contributed by atoms with Crippen LogP contribution in [0.1, 0.15) is 39.5 Å². The van der Waals surface area contributed by atoms with E-state index in [-0.39, 0.29) is 36.1 Å². The van der Waals surface area contributed by atoms with Crippen LogP contribution in [0.3, 0.4) is 0 Å². The molecule has 6 heteroatoms. The molecule has 0 amide bonds. The van der Waals surface area contributed by atoms with Gasteiger partial charge < -0.3 is 5.73 Å². The fourth-order valence-corrected chi connectivity index (χ4v) is 1.70. The molecule has 0 aromatic rings. The minimum absolute atomic E-state index is 0. The number of unbranched alkanes of at least 4 members (excludes halogenated alkanes) is 2. The maximum atomic E-state index is 11.0. The van der Waals surface area contributed by atoms with Crippen LogP contribution in [0.5, 0.6) is 0 Å². The second-order valence-corrected chi connectivity index (χ2v) is 5.52. The van der Waals surface area contributed by atoms with E-state index >= 15 is 0 Å². The maximum absolute atomic E-state index is 11.0. The molecule has 1 atom stereocenters. The summed E-state index contributed by atoms with van der Waals surface area (Å²) in [6, 6.07) is 0. The van der Waals surface area contributed by atoms with Crippen molar-refractivity contribution < 1.29 is 13.0 Å². The molecule has 0 aliphatic heterocycles. The van der Waals surface area contributed by atoms with Crippen LogP contribution in [0.25, 0.3) is 0 Å². The monoisotopic (exact) mass is 233 g/mol. The van der Waals surface area contributed by atoms with Gasteiger partial charge in [0.1, 0.15) is 4.75 Å². The third-order valence-electron chi connectivity index (χ3n) is 2.36. The van der Waals surface area contributed by atoms with Crippen molar-refractivity contribution in [3.8, 4) is 0 Å². The number of rotatable bonds is 6. The Bertz CT molecular complexity index is 243. The van der Waals surface area contributed by atoms with Gasteiger partial charge in [-0.2, -0.15) is 8.42 Å². The van der Waals surface area contributed by atoms with Gasteiger partial charge in [0.15, 0.2) is 0 Å². The third kappa shape index (κ3) is 5.09. The van der Waals surface area contributed by atoms with Crippen LogP contribution in [0.2, 0.25) is 0 Å². The molecule has 14 heavy (non-hydrogen) atoms. The molecule has 0 aliphatic rings. The van der Waals surface area contributed by atoms with Crippen molar-refractivity contribution >= 4 is 39.7 Å². The number of hydrogen-bond donors (Lipinski definition) is 2. The molecule has 3 N–H and O–H groups in total. The van der Waals surface area contributed by atoms with Gasteiger partial charge in [0.25, 0.3) is 10.1 Å². The fourth-order valence-electron chi connectivity index (χ4n) is 1.09. The predicted octanol–water partition coefficient (Wildman–Crippen LogP) is 0.523. The van der Waals surface area contributed by atoms with E-state index in [0.717, 1.165) is 19.3 Å². The van der Waals surface area contributed by atoms with Gasteiger partial charge in [-0.25, -0.2) is 0 Å². The zero-order chi connectivity index (χ0) is 10.5. The number of nitrogens with two attached hydrogens (primary N) is 1. The summed E-state index contributed by atoms with van der Waals surface area (Å²) in [4.78, 5) is 0. The summed E-state index contributed by atoms with van der Waals surface area (Å²) < 4.78 is 29.7. The second kappa shape index (κ2) is 7.19. The van der Waals surface area contributed by atoms with Gasteiger partial charge in [-0.15, -0.1) is 0 Å². The van der Waals surface area contributed by atoms with Crippen molar-refractivity contribution in [2.24, 2.45) is 5.73 Å². The molecule has 0 aromatic carbocycles. The van der Waals surface area contributed by atoms with Crippen LogP contribution in [-0.2, 0) is 10.1 Å². The summed E-state index contributed by atoms with van der Waals surface area (Å²) in [5.41, 5.74) is 5.34. The SMILES string of the molecule is CCCCCC(C)(CN)S(=O)(=O)O.[NaH]. The normalized spacial score (nSPS) is 15.7. The molecule has 0 spiro atoms. The average molecular weight is 233 g/mol. The van der Waals surface area contributed by atoms with Gasteiger partial charge in [0, 0.05) is 6.54 Å². The molecule has 0 aromatic heterocycles. The molecule has 0 rings (SSSR count). The molecule has 0 saturated carbocycles. The van der Waals surface area contributed by atoms with Crippen LogP contribution >= 0.6 is 0 Å². The quantitative estimate of drug-likeness (QED) is 0.398. The van der Waals surface area contributed by atoms with Gasteiger partial charge >= 0.3 is 29.6 Å².